The van der Waals surface area contributed by atoms with E-state index in [4.69, 9.17) is 35.4 Å². The van der Waals surface area contributed by atoms with Crippen LogP contribution in [0.4, 0.5) is 0 Å². The molecule has 0 saturated carbocycles. The molecule has 2 N–H and O–H groups in total. The van der Waals surface area contributed by atoms with Crippen molar-refractivity contribution in [3.8, 4) is 11.4 Å². The van der Waals surface area contributed by atoms with Gasteiger partial charge in [0.1, 0.15) is 0 Å². The summed E-state index contributed by atoms with van der Waals surface area (Å²) in [5, 5.41) is 12.5. The second-order valence-electron chi connectivity index (χ2n) is 5.07. The van der Waals surface area contributed by atoms with Crippen LogP contribution in [0.15, 0.2) is 29.4 Å². The van der Waals surface area contributed by atoms with Crippen LogP contribution in [0.5, 0.6) is 0 Å². The average Bonchev–Trinajstić information content (AvgIpc) is 3.02. The van der Waals surface area contributed by atoms with Gasteiger partial charge < -0.3 is 4.98 Å². The molecule has 0 spiro atoms. The molecule has 0 radical (unpaired) electrons. The molecule has 118 valence electrons. The van der Waals surface area contributed by atoms with E-state index in [2.05, 4.69) is 20.3 Å². The fourth-order valence-electron chi connectivity index (χ4n) is 2.24. The zero-order chi connectivity index (χ0) is 16.6. The normalized spacial score (nSPS) is 11.5. The van der Waals surface area contributed by atoms with Crippen molar-refractivity contribution < 1.29 is 0 Å². The summed E-state index contributed by atoms with van der Waals surface area (Å²) in [6, 6.07) is 7.17. The molecule has 8 heteroatoms. The van der Waals surface area contributed by atoms with Crippen LogP contribution in [0.25, 0.3) is 11.4 Å². The summed E-state index contributed by atoms with van der Waals surface area (Å²) in [5.74, 6) is 0.503. The quantitative estimate of drug-likeness (QED) is 0.519. The molecular weight excluding hydrogens is 353 g/mol. The highest BCUT2D eigenvalue weighted by Gasteiger charge is 2.12. The fourth-order valence-corrected chi connectivity index (χ4v) is 2.79. The minimum atomic E-state index is 0.372. The Bertz CT molecular complexity index is 951. The maximum Gasteiger partial charge on any atom is 0.216 e. The number of hydrogen-bond acceptors (Lipinski definition) is 3. The van der Waals surface area contributed by atoms with E-state index in [-0.39, 0.29) is 0 Å². The Morgan fingerprint density at radius 1 is 1.26 bits per heavy atom. The van der Waals surface area contributed by atoms with Gasteiger partial charge in [0.25, 0.3) is 0 Å². The highest BCUT2D eigenvalue weighted by Crippen LogP contribution is 2.29. The number of aromatic amines is 2. The maximum atomic E-state index is 6.24. The molecule has 0 amide bonds. The minimum Gasteiger partial charge on any atom is -0.362 e. The van der Waals surface area contributed by atoms with Gasteiger partial charge in [0, 0.05) is 27.5 Å². The van der Waals surface area contributed by atoms with E-state index in [1.165, 1.54) is 4.68 Å². The summed E-state index contributed by atoms with van der Waals surface area (Å²) in [5.41, 5.74) is 3.74. The third kappa shape index (κ3) is 3.24. The molecule has 0 aliphatic heterocycles. The second kappa shape index (κ2) is 6.31. The van der Waals surface area contributed by atoms with Crippen LogP contribution in [-0.2, 0) is 0 Å². The molecule has 0 unspecified atom stereocenters. The highest BCUT2D eigenvalue weighted by atomic mass is 35.5. The Labute approximate surface area is 148 Å². The molecule has 3 aromatic rings. The number of benzene rings is 1. The van der Waals surface area contributed by atoms with Gasteiger partial charge in [-0.2, -0.15) is 14.9 Å². The monoisotopic (exact) mass is 365 g/mol. The van der Waals surface area contributed by atoms with Crippen molar-refractivity contribution in [3.63, 3.8) is 0 Å². The Hall–Kier alpha value is -1.89. The number of halogens is 2. The maximum absolute atomic E-state index is 6.24. The summed E-state index contributed by atoms with van der Waals surface area (Å²) in [7, 11) is 0. The van der Waals surface area contributed by atoms with E-state index in [0.717, 1.165) is 17.0 Å². The SMILES string of the molecule is Cc1cc(/C=N/n2c(-c3cc(Cl)ccc3Cl)n[nH]c2=S)c(C)[nH]1. The first-order valence-electron chi connectivity index (χ1n) is 6.79. The topological polar surface area (TPSA) is 61.8 Å². The van der Waals surface area contributed by atoms with Crippen molar-refractivity contribution >= 4 is 41.6 Å². The standard InChI is InChI=1S/C15H13Cl2N5S/c1-8-5-10(9(2)19-8)7-18-22-14(20-21-15(22)23)12-6-11(16)3-4-13(12)17/h3-7,19H,1-2H3,(H,21,23)/b18-7+. The summed E-state index contributed by atoms with van der Waals surface area (Å²) in [4.78, 5) is 3.23. The van der Waals surface area contributed by atoms with Crippen molar-refractivity contribution in [2.24, 2.45) is 5.10 Å². The first-order chi connectivity index (χ1) is 11.0. The smallest absolute Gasteiger partial charge is 0.216 e. The van der Waals surface area contributed by atoms with Gasteiger partial charge in [-0.25, -0.2) is 5.10 Å². The van der Waals surface area contributed by atoms with Crippen LogP contribution in [-0.4, -0.2) is 26.1 Å². The molecule has 0 saturated heterocycles. The van der Waals surface area contributed by atoms with Crippen LogP contribution >= 0.6 is 35.4 Å². The van der Waals surface area contributed by atoms with E-state index < -0.39 is 0 Å². The van der Waals surface area contributed by atoms with Crippen molar-refractivity contribution in [1.29, 1.82) is 0 Å². The third-order valence-electron chi connectivity index (χ3n) is 3.32. The molecule has 2 heterocycles. The third-order valence-corrected chi connectivity index (χ3v) is 4.15. The number of hydrogen-bond donors (Lipinski definition) is 2. The van der Waals surface area contributed by atoms with Gasteiger partial charge in [0.2, 0.25) is 4.77 Å². The summed E-state index contributed by atoms with van der Waals surface area (Å²) in [6.45, 7) is 3.97. The predicted molar refractivity (Wildman–Crippen MR) is 96.1 cm³/mol. The van der Waals surface area contributed by atoms with E-state index >= 15 is 0 Å². The lowest BCUT2D eigenvalue weighted by Gasteiger charge is -2.04. The summed E-state index contributed by atoms with van der Waals surface area (Å²) < 4.78 is 1.89. The number of nitrogens with one attached hydrogen (secondary N) is 2. The van der Waals surface area contributed by atoms with Crippen LogP contribution in [0.2, 0.25) is 10.0 Å². The lowest BCUT2D eigenvalue weighted by atomic mass is 10.2. The fraction of sp³-hybridized carbons (Fsp3) is 0.133. The van der Waals surface area contributed by atoms with Gasteiger partial charge in [-0.15, -0.1) is 0 Å². The molecule has 0 bridgehead atoms. The first-order valence-corrected chi connectivity index (χ1v) is 7.95. The molecule has 5 nitrogen and oxygen atoms in total. The average molecular weight is 366 g/mol. The Balaban J connectivity index is 2.08. The van der Waals surface area contributed by atoms with Crippen molar-refractivity contribution in [1.82, 2.24) is 19.9 Å². The van der Waals surface area contributed by atoms with Crippen molar-refractivity contribution in [2.45, 2.75) is 13.8 Å². The van der Waals surface area contributed by atoms with E-state index in [1.54, 1.807) is 24.4 Å². The van der Waals surface area contributed by atoms with E-state index in [0.29, 0.717) is 26.2 Å². The van der Waals surface area contributed by atoms with Gasteiger partial charge >= 0.3 is 0 Å². The molecule has 3 rings (SSSR count). The molecule has 0 aliphatic carbocycles. The van der Waals surface area contributed by atoms with Crippen LogP contribution in [0, 0.1) is 18.6 Å². The number of rotatable bonds is 3. The van der Waals surface area contributed by atoms with E-state index in [1.807, 2.05) is 19.9 Å². The Morgan fingerprint density at radius 3 is 2.74 bits per heavy atom. The lowest BCUT2D eigenvalue weighted by Crippen LogP contribution is -1.96. The molecule has 2 aromatic heterocycles. The minimum absolute atomic E-state index is 0.372. The van der Waals surface area contributed by atoms with E-state index in [9.17, 15) is 0 Å². The van der Waals surface area contributed by atoms with Gasteiger partial charge in [0.15, 0.2) is 5.82 Å². The van der Waals surface area contributed by atoms with Crippen LogP contribution in [0.1, 0.15) is 17.0 Å². The second-order valence-corrected chi connectivity index (χ2v) is 6.30. The molecule has 0 aliphatic rings. The van der Waals surface area contributed by atoms with Gasteiger partial charge in [-0.3, -0.25) is 0 Å². The van der Waals surface area contributed by atoms with Crippen molar-refractivity contribution in [3.05, 3.63) is 56.0 Å². The first kappa shape index (κ1) is 16.0. The highest BCUT2D eigenvalue weighted by molar-refractivity contribution is 7.71. The Kier molecular flexibility index (Phi) is 4.39. The predicted octanol–water partition coefficient (Wildman–Crippen LogP) is 4.74. The van der Waals surface area contributed by atoms with Gasteiger partial charge in [-0.1, -0.05) is 23.2 Å². The van der Waals surface area contributed by atoms with Gasteiger partial charge in [-0.05, 0) is 50.3 Å². The molecule has 23 heavy (non-hydrogen) atoms. The molecule has 0 fully saturated rings. The number of nitrogens with zero attached hydrogens (tertiary/aromatic N) is 3. The zero-order valence-corrected chi connectivity index (χ0v) is 14.7. The lowest BCUT2D eigenvalue weighted by molar-refractivity contribution is 0.871. The van der Waals surface area contributed by atoms with Crippen LogP contribution < -0.4 is 0 Å². The summed E-state index contributed by atoms with van der Waals surface area (Å²) >= 11 is 17.5. The van der Waals surface area contributed by atoms with Gasteiger partial charge in [0.05, 0.1) is 11.2 Å². The number of aryl methyl sites for hydroxylation is 2. The molecule has 0 atom stereocenters. The molecular formula is C15H13Cl2N5S. The largest absolute Gasteiger partial charge is 0.362 e. The van der Waals surface area contributed by atoms with Crippen LogP contribution in [0.3, 0.4) is 0 Å². The molecule has 1 aromatic carbocycles. The number of aromatic nitrogens is 4. The Morgan fingerprint density at radius 2 is 2.04 bits per heavy atom. The summed E-state index contributed by atoms with van der Waals surface area (Å²) in [6.07, 6.45) is 1.73. The van der Waals surface area contributed by atoms with Crippen molar-refractivity contribution in [2.75, 3.05) is 0 Å². The zero-order valence-electron chi connectivity index (χ0n) is 12.4. The number of H-pyrrole nitrogens is 2.